The van der Waals surface area contributed by atoms with Crippen LogP contribution in [0.4, 0.5) is 5.69 Å². The van der Waals surface area contributed by atoms with E-state index in [9.17, 15) is 4.79 Å². The van der Waals surface area contributed by atoms with E-state index < -0.39 is 5.54 Å². The molecule has 1 amide bonds. The minimum absolute atomic E-state index is 0.128. The van der Waals surface area contributed by atoms with Gasteiger partial charge in [-0.15, -0.1) is 0 Å². The van der Waals surface area contributed by atoms with Crippen LogP contribution in [0.1, 0.15) is 32.1 Å². The van der Waals surface area contributed by atoms with Crippen LogP contribution in [-0.2, 0) is 9.53 Å². The predicted molar refractivity (Wildman–Crippen MR) is 80.2 cm³/mol. The Labute approximate surface area is 125 Å². The zero-order valence-corrected chi connectivity index (χ0v) is 12.4. The third kappa shape index (κ3) is 4.41. The molecule has 0 radical (unpaired) electrons. The van der Waals surface area contributed by atoms with E-state index in [0.29, 0.717) is 24.8 Å². The maximum Gasteiger partial charge on any atom is 0.244 e. The fraction of sp³-hybridized carbons (Fsp3) is 0.600. The zero-order chi connectivity index (χ0) is 15.1. The number of pyridine rings is 1. The SMILES string of the molecule is COCCOc1ccc(NC(=O)C2(N)CCCCC2)cn1. The van der Waals surface area contributed by atoms with E-state index in [-0.39, 0.29) is 5.91 Å². The second-order valence-corrected chi connectivity index (χ2v) is 5.40. The fourth-order valence-electron chi connectivity index (χ4n) is 2.43. The van der Waals surface area contributed by atoms with Gasteiger partial charge in [0.1, 0.15) is 6.61 Å². The maximum atomic E-state index is 12.3. The lowest BCUT2D eigenvalue weighted by molar-refractivity contribution is -0.122. The number of nitrogens with zero attached hydrogens (tertiary/aromatic N) is 1. The number of hydrogen-bond donors (Lipinski definition) is 2. The molecule has 6 nitrogen and oxygen atoms in total. The molecule has 0 atom stereocenters. The molecular formula is C15H23N3O3. The van der Waals surface area contributed by atoms with Crippen molar-refractivity contribution in [3.8, 4) is 5.88 Å². The van der Waals surface area contributed by atoms with Gasteiger partial charge in [0.2, 0.25) is 11.8 Å². The van der Waals surface area contributed by atoms with Crippen molar-refractivity contribution >= 4 is 11.6 Å². The summed E-state index contributed by atoms with van der Waals surface area (Å²) < 4.78 is 10.3. The van der Waals surface area contributed by atoms with Crippen molar-refractivity contribution in [1.29, 1.82) is 0 Å². The summed E-state index contributed by atoms with van der Waals surface area (Å²) in [7, 11) is 1.61. The molecule has 0 aliphatic heterocycles. The molecule has 2 rings (SSSR count). The van der Waals surface area contributed by atoms with E-state index >= 15 is 0 Å². The lowest BCUT2D eigenvalue weighted by Crippen LogP contribution is -2.52. The Morgan fingerprint density at radius 2 is 2.10 bits per heavy atom. The first kappa shape index (κ1) is 15.7. The van der Waals surface area contributed by atoms with Gasteiger partial charge in [-0.2, -0.15) is 0 Å². The van der Waals surface area contributed by atoms with Gasteiger partial charge < -0.3 is 20.5 Å². The number of rotatable bonds is 6. The minimum Gasteiger partial charge on any atom is -0.475 e. The van der Waals surface area contributed by atoms with Crippen LogP contribution in [0.3, 0.4) is 0 Å². The highest BCUT2D eigenvalue weighted by Crippen LogP contribution is 2.27. The predicted octanol–water partition coefficient (Wildman–Crippen LogP) is 1.71. The molecule has 1 aliphatic carbocycles. The number of nitrogens with one attached hydrogen (secondary N) is 1. The topological polar surface area (TPSA) is 86.5 Å². The molecule has 6 heteroatoms. The van der Waals surface area contributed by atoms with Crippen molar-refractivity contribution in [1.82, 2.24) is 4.98 Å². The maximum absolute atomic E-state index is 12.3. The van der Waals surface area contributed by atoms with E-state index in [2.05, 4.69) is 10.3 Å². The van der Waals surface area contributed by atoms with Gasteiger partial charge in [-0.1, -0.05) is 19.3 Å². The van der Waals surface area contributed by atoms with Gasteiger partial charge in [-0.05, 0) is 18.9 Å². The molecule has 1 aromatic heterocycles. The first-order valence-corrected chi connectivity index (χ1v) is 7.32. The first-order chi connectivity index (χ1) is 10.1. The van der Waals surface area contributed by atoms with Crippen molar-refractivity contribution in [3.05, 3.63) is 18.3 Å². The molecule has 116 valence electrons. The number of amides is 1. The Balaban J connectivity index is 1.89. The summed E-state index contributed by atoms with van der Waals surface area (Å²) in [5, 5.41) is 2.84. The lowest BCUT2D eigenvalue weighted by atomic mass is 9.82. The quantitative estimate of drug-likeness (QED) is 0.780. The number of anilines is 1. The Morgan fingerprint density at radius 3 is 2.71 bits per heavy atom. The Bertz CT molecular complexity index is 456. The number of hydrogen-bond acceptors (Lipinski definition) is 5. The lowest BCUT2D eigenvalue weighted by Gasteiger charge is -2.31. The normalized spacial score (nSPS) is 17.2. The summed E-state index contributed by atoms with van der Waals surface area (Å²) in [6, 6.07) is 3.48. The zero-order valence-electron chi connectivity index (χ0n) is 12.4. The number of carbonyl (C=O) groups is 1. The van der Waals surface area contributed by atoms with E-state index in [1.54, 1.807) is 25.4 Å². The van der Waals surface area contributed by atoms with Gasteiger partial charge in [0.25, 0.3) is 0 Å². The second-order valence-electron chi connectivity index (χ2n) is 5.40. The summed E-state index contributed by atoms with van der Waals surface area (Å²) in [6.07, 6.45) is 6.23. The summed E-state index contributed by atoms with van der Waals surface area (Å²) in [5.41, 5.74) is 6.08. The number of methoxy groups -OCH3 is 1. The van der Waals surface area contributed by atoms with Crippen molar-refractivity contribution in [2.75, 3.05) is 25.6 Å². The van der Waals surface area contributed by atoms with Crippen LogP contribution in [0.25, 0.3) is 0 Å². The van der Waals surface area contributed by atoms with Crippen LogP contribution in [-0.4, -0.2) is 36.8 Å². The third-order valence-corrected chi connectivity index (χ3v) is 3.73. The molecule has 1 heterocycles. The highest BCUT2D eigenvalue weighted by molar-refractivity contribution is 5.97. The molecule has 0 bridgehead atoms. The number of carbonyl (C=O) groups excluding carboxylic acids is 1. The van der Waals surface area contributed by atoms with Crippen LogP contribution in [0.5, 0.6) is 5.88 Å². The van der Waals surface area contributed by atoms with E-state index in [1.165, 1.54) is 0 Å². The molecule has 1 saturated carbocycles. The van der Waals surface area contributed by atoms with E-state index in [1.807, 2.05) is 0 Å². The standard InChI is InChI=1S/C15H23N3O3/c1-20-9-10-21-13-6-5-12(11-17-13)18-14(19)15(16)7-3-2-4-8-15/h5-6,11H,2-4,7-10,16H2,1H3,(H,18,19). The molecule has 3 N–H and O–H groups in total. The molecule has 1 fully saturated rings. The smallest absolute Gasteiger partial charge is 0.244 e. The van der Waals surface area contributed by atoms with Crippen molar-refractivity contribution in [2.45, 2.75) is 37.6 Å². The Morgan fingerprint density at radius 1 is 1.33 bits per heavy atom. The van der Waals surface area contributed by atoms with Gasteiger partial charge in [-0.3, -0.25) is 4.79 Å². The Hall–Kier alpha value is -1.66. The van der Waals surface area contributed by atoms with Crippen LogP contribution in [0.2, 0.25) is 0 Å². The number of nitrogens with two attached hydrogens (primary N) is 1. The number of ether oxygens (including phenoxy) is 2. The van der Waals surface area contributed by atoms with Gasteiger partial charge in [0.15, 0.2) is 0 Å². The number of aromatic nitrogens is 1. The fourth-order valence-corrected chi connectivity index (χ4v) is 2.43. The minimum atomic E-state index is -0.744. The summed E-state index contributed by atoms with van der Waals surface area (Å²) in [4.78, 5) is 16.4. The molecule has 1 aromatic rings. The summed E-state index contributed by atoms with van der Waals surface area (Å²) in [5.74, 6) is 0.377. The van der Waals surface area contributed by atoms with Crippen LogP contribution in [0.15, 0.2) is 18.3 Å². The van der Waals surface area contributed by atoms with Crippen molar-refractivity contribution in [2.24, 2.45) is 5.73 Å². The van der Waals surface area contributed by atoms with Crippen LogP contribution >= 0.6 is 0 Å². The van der Waals surface area contributed by atoms with Crippen molar-refractivity contribution in [3.63, 3.8) is 0 Å². The monoisotopic (exact) mass is 293 g/mol. The Kier molecular flexibility index (Phi) is 5.52. The largest absolute Gasteiger partial charge is 0.475 e. The van der Waals surface area contributed by atoms with Crippen molar-refractivity contribution < 1.29 is 14.3 Å². The third-order valence-electron chi connectivity index (χ3n) is 3.73. The molecular weight excluding hydrogens is 270 g/mol. The van der Waals surface area contributed by atoms with Gasteiger partial charge >= 0.3 is 0 Å². The van der Waals surface area contributed by atoms with Crippen LogP contribution < -0.4 is 15.8 Å². The summed E-state index contributed by atoms with van der Waals surface area (Å²) >= 11 is 0. The molecule has 0 unspecified atom stereocenters. The molecule has 0 saturated heterocycles. The highest BCUT2D eigenvalue weighted by atomic mass is 16.5. The first-order valence-electron chi connectivity index (χ1n) is 7.32. The average Bonchev–Trinajstić information content (AvgIpc) is 2.50. The highest BCUT2D eigenvalue weighted by Gasteiger charge is 2.35. The average molecular weight is 293 g/mol. The molecule has 0 spiro atoms. The molecule has 0 aromatic carbocycles. The molecule has 21 heavy (non-hydrogen) atoms. The molecule has 1 aliphatic rings. The van der Waals surface area contributed by atoms with Gasteiger partial charge in [-0.25, -0.2) is 4.98 Å². The van der Waals surface area contributed by atoms with E-state index in [4.69, 9.17) is 15.2 Å². The second kappa shape index (κ2) is 7.38. The van der Waals surface area contributed by atoms with Crippen LogP contribution in [0, 0.1) is 0 Å². The van der Waals surface area contributed by atoms with Gasteiger partial charge in [0.05, 0.1) is 24.0 Å². The van der Waals surface area contributed by atoms with E-state index in [0.717, 1.165) is 32.1 Å². The van der Waals surface area contributed by atoms with Gasteiger partial charge in [0, 0.05) is 13.2 Å². The summed E-state index contributed by atoms with van der Waals surface area (Å²) in [6.45, 7) is 0.955.